The highest BCUT2D eigenvalue weighted by Gasteiger charge is 2.32. The van der Waals surface area contributed by atoms with Gasteiger partial charge in [-0.25, -0.2) is 0 Å². The molecule has 0 aromatic heterocycles. The number of nitrogens with one attached hydrogen (secondary N) is 1. The average Bonchev–Trinajstić information content (AvgIpc) is 3.39. The molecule has 0 spiro atoms. The topological polar surface area (TPSA) is 58.6 Å². The molecule has 3 aromatic rings. The molecule has 36 heavy (non-hydrogen) atoms. The van der Waals surface area contributed by atoms with Crippen LogP contribution in [0.3, 0.4) is 0 Å². The number of carbonyl (C=O) groups excluding carboxylic acids is 2. The number of hydrogen-bond donors (Lipinski definition) is 1. The lowest BCUT2D eigenvalue weighted by Crippen LogP contribution is -2.53. The first-order valence-corrected chi connectivity index (χ1v) is 13.4. The van der Waals surface area contributed by atoms with Crippen molar-refractivity contribution in [2.75, 3.05) is 6.61 Å². The van der Waals surface area contributed by atoms with Crippen molar-refractivity contribution in [1.29, 1.82) is 0 Å². The van der Waals surface area contributed by atoms with Gasteiger partial charge in [-0.1, -0.05) is 82.8 Å². The molecule has 1 aliphatic rings. The molecule has 0 saturated heterocycles. The molecule has 1 fully saturated rings. The lowest BCUT2D eigenvalue weighted by atomic mass is 10.0. The maximum atomic E-state index is 13.6. The summed E-state index contributed by atoms with van der Waals surface area (Å²) in [7, 11) is 0. The third kappa shape index (κ3) is 7.58. The number of benzene rings is 3. The molecule has 1 aliphatic carbocycles. The highest BCUT2D eigenvalue weighted by atomic mass is 79.9. The summed E-state index contributed by atoms with van der Waals surface area (Å²) in [6.07, 6.45) is 4.57. The number of ether oxygens (including phenoxy) is 1. The van der Waals surface area contributed by atoms with Crippen LogP contribution in [-0.4, -0.2) is 35.4 Å². The summed E-state index contributed by atoms with van der Waals surface area (Å²) in [6.45, 7) is 0.0723. The number of amides is 2. The Morgan fingerprint density at radius 3 is 2.36 bits per heavy atom. The molecule has 0 unspecified atom stereocenters. The number of carbonyl (C=O) groups is 2. The van der Waals surface area contributed by atoms with Crippen LogP contribution >= 0.6 is 27.5 Å². The van der Waals surface area contributed by atoms with Gasteiger partial charge in [0, 0.05) is 28.5 Å². The van der Waals surface area contributed by atoms with Crippen molar-refractivity contribution >= 4 is 39.3 Å². The van der Waals surface area contributed by atoms with E-state index >= 15 is 0 Å². The van der Waals surface area contributed by atoms with Gasteiger partial charge in [0.25, 0.3) is 5.91 Å². The lowest BCUT2D eigenvalue weighted by molar-refractivity contribution is -0.143. The Morgan fingerprint density at radius 1 is 0.972 bits per heavy atom. The van der Waals surface area contributed by atoms with Crippen molar-refractivity contribution in [3.8, 4) is 5.75 Å². The molecule has 1 N–H and O–H groups in total. The summed E-state index contributed by atoms with van der Waals surface area (Å²) < 4.78 is 6.74. The summed E-state index contributed by atoms with van der Waals surface area (Å²) in [4.78, 5) is 28.9. The second-order valence-corrected chi connectivity index (χ2v) is 10.4. The van der Waals surface area contributed by atoms with Crippen LogP contribution in [0.15, 0.2) is 83.3 Å². The van der Waals surface area contributed by atoms with Gasteiger partial charge >= 0.3 is 0 Å². The molecule has 2 amide bonds. The van der Waals surface area contributed by atoms with E-state index < -0.39 is 6.04 Å². The molecule has 4 rings (SSSR count). The number of nitrogens with zero attached hydrogens (tertiary/aromatic N) is 1. The van der Waals surface area contributed by atoms with Crippen LogP contribution in [0.1, 0.15) is 36.8 Å². The molecule has 0 heterocycles. The largest absolute Gasteiger partial charge is 0.484 e. The number of hydrogen-bond acceptors (Lipinski definition) is 3. The first-order valence-electron chi connectivity index (χ1n) is 12.2. The summed E-state index contributed by atoms with van der Waals surface area (Å²) in [5.41, 5.74) is 1.84. The molecule has 3 aromatic carbocycles. The fourth-order valence-corrected chi connectivity index (χ4v) is 4.99. The van der Waals surface area contributed by atoms with Crippen molar-refractivity contribution < 1.29 is 14.3 Å². The predicted molar refractivity (Wildman–Crippen MR) is 146 cm³/mol. The van der Waals surface area contributed by atoms with Gasteiger partial charge in [-0.05, 0) is 60.4 Å². The van der Waals surface area contributed by atoms with E-state index in [0.29, 0.717) is 17.2 Å². The van der Waals surface area contributed by atoms with Gasteiger partial charge in [0.2, 0.25) is 5.91 Å². The van der Waals surface area contributed by atoms with Gasteiger partial charge < -0.3 is 15.0 Å². The van der Waals surface area contributed by atoms with Crippen molar-refractivity contribution in [3.05, 3.63) is 99.5 Å². The zero-order valence-corrected chi connectivity index (χ0v) is 22.4. The van der Waals surface area contributed by atoms with Crippen molar-refractivity contribution in [2.45, 2.75) is 50.7 Å². The molecule has 1 atom stereocenters. The van der Waals surface area contributed by atoms with Gasteiger partial charge in [0.15, 0.2) is 6.61 Å². The Labute approximate surface area is 225 Å². The molecule has 0 bridgehead atoms. The predicted octanol–water partition coefficient (Wildman–Crippen LogP) is 6.18. The summed E-state index contributed by atoms with van der Waals surface area (Å²) in [6, 6.07) is 24.0. The summed E-state index contributed by atoms with van der Waals surface area (Å²) >= 11 is 9.64. The van der Waals surface area contributed by atoms with E-state index in [1.54, 1.807) is 23.1 Å². The number of halogens is 2. The van der Waals surface area contributed by atoms with Gasteiger partial charge in [0.05, 0.1) is 0 Å². The van der Waals surface area contributed by atoms with Gasteiger partial charge in [-0.2, -0.15) is 0 Å². The van der Waals surface area contributed by atoms with Crippen molar-refractivity contribution in [1.82, 2.24) is 10.2 Å². The van der Waals surface area contributed by atoms with E-state index in [1.807, 2.05) is 60.7 Å². The van der Waals surface area contributed by atoms with E-state index in [4.69, 9.17) is 16.3 Å². The zero-order chi connectivity index (χ0) is 25.3. The van der Waals surface area contributed by atoms with Crippen LogP contribution in [0.5, 0.6) is 5.75 Å². The fraction of sp³-hybridized carbons (Fsp3) is 0.310. The van der Waals surface area contributed by atoms with Crippen LogP contribution in [0.2, 0.25) is 5.02 Å². The second kappa shape index (κ2) is 12.9. The van der Waals surface area contributed by atoms with E-state index in [1.165, 1.54) is 0 Å². The van der Waals surface area contributed by atoms with Crippen molar-refractivity contribution in [3.63, 3.8) is 0 Å². The third-order valence-electron chi connectivity index (χ3n) is 6.39. The van der Waals surface area contributed by atoms with Crippen LogP contribution in [-0.2, 0) is 22.6 Å². The van der Waals surface area contributed by atoms with Crippen LogP contribution in [0.25, 0.3) is 0 Å². The highest BCUT2D eigenvalue weighted by Crippen LogP contribution is 2.21. The van der Waals surface area contributed by atoms with Crippen molar-refractivity contribution in [2.24, 2.45) is 0 Å². The normalized spacial score (nSPS) is 14.3. The lowest BCUT2D eigenvalue weighted by Gasteiger charge is -2.32. The maximum absolute atomic E-state index is 13.6. The standard InChI is InChI=1S/C29H30BrClN2O3/c30-23-13-15-26(16-14-23)36-20-28(34)33(19-22-9-6-10-24(31)17-22)27(18-21-7-2-1-3-8-21)29(35)32-25-11-4-5-12-25/h1-3,6-10,13-17,25,27H,4-5,11-12,18-20H2,(H,32,35)/t27-/m0/s1. The van der Waals surface area contributed by atoms with Crippen LogP contribution in [0, 0.1) is 0 Å². The summed E-state index contributed by atoms with van der Waals surface area (Å²) in [5.74, 6) is 0.189. The van der Waals surface area contributed by atoms with E-state index in [9.17, 15) is 9.59 Å². The minimum absolute atomic E-state index is 0.134. The monoisotopic (exact) mass is 568 g/mol. The molecular weight excluding hydrogens is 540 g/mol. The minimum Gasteiger partial charge on any atom is -0.484 e. The van der Waals surface area contributed by atoms with E-state index in [2.05, 4.69) is 21.2 Å². The zero-order valence-electron chi connectivity index (χ0n) is 20.0. The quantitative estimate of drug-likeness (QED) is 0.317. The molecule has 7 heteroatoms. The summed E-state index contributed by atoms with van der Waals surface area (Å²) in [5, 5.41) is 3.79. The molecule has 1 saturated carbocycles. The van der Waals surface area contributed by atoms with E-state index in [-0.39, 0.29) is 31.0 Å². The Bertz CT molecular complexity index is 1150. The van der Waals surface area contributed by atoms with Gasteiger partial charge in [-0.3, -0.25) is 9.59 Å². The Hall–Kier alpha value is -2.83. The smallest absolute Gasteiger partial charge is 0.261 e. The van der Waals surface area contributed by atoms with Gasteiger partial charge in [0.1, 0.15) is 11.8 Å². The van der Waals surface area contributed by atoms with E-state index in [0.717, 1.165) is 41.3 Å². The molecule has 5 nitrogen and oxygen atoms in total. The average molecular weight is 570 g/mol. The minimum atomic E-state index is -0.687. The van der Waals surface area contributed by atoms with Crippen LogP contribution in [0.4, 0.5) is 0 Å². The first kappa shape index (κ1) is 26.2. The Morgan fingerprint density at radius 2 is 1.67 bits per heavy atom. The fourth-order valence-electron chi connectivity index (χ4n) is 4.51. The second-order valence-electron chi connectivity index (χ2n) is 9.09. The molecule has 0 radical (unpaired) electrons. The highest BCUT2D eigenvalue weighted by molar-refractivity contribution is 9.10. The third-order valence-corrected chi connectivity index (χ3v) is 7.15. The van der Waals surface area contributed by atoms with Gasteiger partial charge in [-0.15, -0.1) is 0 Å². The SMILES string of the molecule is O=C(NC1CCCC1)[C@H](Cc1ccccc1)N(Cc1cccc(Cl)c1)C(=O)COc1ccc(Br)cc1. The molecule has 0 aliphatic heterocycles. The maximum Gasteiger partial charge on any atom is 0.261 e. The Kier molecular flexibility index (Phi) is 9.42. The van der Waals surface area contributed by atoms with Crippen LogP contribution < -0.4 is 10.1 Å². The Balaban J connectivity index is 1.60. The first-order chi connectivity index (χ1) is 17.5. The molecular formula is C29H30BrClN2O3. The molecule has 188 valence electrons. The number of rotatable bonds is 10.